The maximum absolute atomic E-state index is 13.1. The summed E-state index contributed by atoms with van der Waals surface area (Å²) in [5.41, 5.74) is 1.08. The predicted molar refractivity (Wildman–Crippen MR) is 68.8 cm³/mol. The fraction of sp³-hybridized carbons (Fsp3) is 0.0714. The Morgan fingerprint density at radius 2 is 1.65 bits per heavy atom. The monoisotopic (exact) mass is 279 g/mol. The fourth-order valence-electron chi connectivity index (χ4n) is 1.65. The number of carbonyl (C=O) groups is 1. The lowest BCUT2D eigenvalue weighted by molar-refractivity contribution is 0.0697. The van der Waals surface area contributed by atoms with Gasteiger partial charge in [0.15, 0.2) is 17.4 Å². The number of halogens is 2. The van der Waals surface area contributed by atoms with Crippen molar-refractivity contribution >= 4 is 11.7 Å². The molecular formula is C14H11F2NO3. The number of carboxylic acids is 1. The maximum Gasteiger partial charge on any atom is 0.335 e. The number of carboxylic acid groups (broad SMARTS) is 1. The number of anilines is 1. The van der Waals surface area contributed by atoms with E-state index in [2.05, 4.69) is 5.32 Å². The van der Waals surface area contributed by atoms with E-state index >= 15 is 0 Å². The van der Waals surface area contributed by atoms with E-state index in [1.165, 1.54) is 12.1 Å². The van der Waals surface area contributed by atoms with Crippen molar-refractivity contribution in [3.63, 3.8) is 0 Å². The summed E-state index contributed by atoms with van der Waals surface area (Å²) < 4.78 is 26.2. The lowest BCUT2D eigenvalue weighted by atomic mass is 10.1. The van der Waals surface area contributed by atoms with Crippen LogP contribution in [0.25, 0.3) is 0 Å². The van der Waals surface area contributed by atoms with E-state index in [0.717, 1.165) is 12.1 Å². The normalized spacial score (nSPS) is 10.3. The van der Waals surface area contributed by atoms with Crippen LogP contribution in [-0.2, 0) is 6.54 Å². The van der Waals surface area contributed by atoms with Crippen LogP contribution in [0.15, 0.2) is 36.4 Å². The number of benzene rings is 2. The fourth-order valence-corrected chi connectivity index (χ4v) is 1.65. The second-order valence-corrected chi connectivity index (χ2v) is 4.14. The topological polar surface area (TPSA) is 69.6 Å². The molecule has 2 aromatic rings. The SMILES string of the molecule is O=C(O)c1ccc(NCc2cc(F)c(O)c(F)c2)cc1. The molecule has 0 heterocycles. The zero-order valence-corrected chi connectivity index (χ0v) is 10.2. The minimum Gasteiger partial charge on any atom is -0.503 e. The summed E-state index contributed by atoms with van der Waals surface area (Å²) in [5, 5.41) is 20.6. The summed E-state index contributed by atoms with van der Waals surface area (Å²) in [5.74, 6) is -4.08. The molecule has 0 saturated carbocycles. The molecule has 6 heteroatoms. The van der Waals surface area contributed by atoms with Gasteiger partial charge in [0.1, 0.15) is 0 Å². The number of nitrogens with one attached hydrogen (secondary N) is 1. The van der Waals surface area contributed by atoms with Crippen molar-refractivity contribution in [3.05, 3.63) is 59.2 Å². The van der Waals surface area contributed by atoms with Gasteiger partial charge in [-0.3, -0.25) is 0 Å². The van der Waals surface area contributed by atoms with Gasteiger partial charge in [0, 0.05) is 12.2 Å². The molecule has 104 valence electrons. The van der Waals surface area contributed by atoms with Crippen LogP contribution in [0.1, 0.15) is 15.9 Å². The number of hydrogen-bond acceptors (Lipinski definition) is 3. The van der Waals surface area contributed by atoms with Gasteiger partial charge in [0.2, 0.25) is 0 Å². The number of aromatic hydroxyl groups is 1. The van der Waals surface area contributed by atoms with E-state index in [9.17, 15) is 13.6 Å². The molecule has 0 atom stereocenters. The Hall–Kier alpha value is -2.63. The number of hydrogen-bond donors (Lipinski definition) is 3. The molecule has 0 amide bonds. The van der Waals surface area contributed by atoms with Crippen LogP contribution >= 0.6 is 0 Å². The average molecular weight is 279 g/mol. The minimum absolute atomic E-state index is 0.139. The number of aromatic carboxylic acids is 1. The van der Waals surface area contributed by atoms with Crippen LogP contribution in [0.4, 0.5) is 14.5 Å². The first kappa shape index (κ1) is 13.8. The van der Waals surface area contributed by atoms with E-state index in [1.807, 2.05) is 0 Å². The van der Waals surface area contributed by atoms with Gasteiger partial charge < -0.3 is 15.5 Å². The standard InChI is InChI=1S/C14H11F2NO3/c15-11-5-8(6-12(16)13(11)18)7-17-10-3-1-9(2-4-10)14(19)20/h1-6,17-18H,7H2,(H,19,20). The van der Waals surface area contributed by atoms with Gasteiger partial charge in [0.05, 0.1) is 5.56 Å². The van der Waals surface area contributed by atoms with Crippen LogP contribution in [0.3, 0.4) is 0 Å². The van der Waals surface area contributed by atoms with Gasteiger partial charge in [0.25, 0.3) is 0 Å². The van der Waals surface area contributed by atoms with E-state index in [0.29, 0.717) is 11.3 Å². The highest BCUT2D eigenvalue weighted by atomic mass is 19.1. The molecule has 0 radical (unpaired) electrons. The zero-order valence-electron chi connectivity index (χ0n) is 10.2. The third kappa shape index (κ3) is 3.03. The summed E-state index contributed by atoms with van der Waals surface area (Å²) in [6.45, 7) is 0.139. The lowest BCUT2D eigenvalue weighted by Gasteiger charge is -2.08. The Morgan fingerprint density at radius 1 is 1.10 bits per heavy atom. The molecule has 4 nitrogen and oxygen atoms in total. The molecule has 0 aliphatic rings. The molecule has 0 aromatic heterocycles. The van der Waals surface area contributed by atoms with Crippen molar-refractivity contribution in [1.82, 2.24) is 0 Å². The molecule has 3 N–H and O–H groups in total. The van der Waals surface area contributed by atoms with Crippen LogP contribution in [0.5, 0.6) is 5.75 Å². The summed E-state index contributed by atoms with van der Waals surface area (Å²) >= 11 is 0. The Labute approximate surface area is 113 Å². The van der Waals surface area contributed by atoms with Crippen LogP contribution in [-0.4, -0.2) is 16.2 Å². The van der Waals surface area contributed by atoms with E-state index in [-0.39, 0.29) is 12.1 Å². The molecule has 0 unspecified atom stereocenters. The highest BCUT2D eigenvalue weighted by Crippen LogP contribution is 2.22. The molecule has 0 bridgehead atoms. The minimum atomic E-state index is -1.03. The third-order valence-electron chi connectivity index (χ3n) is 2.71. The third-order valence-corrected chi connectivity index (χ3v) is 2.71. The van der Waals surface area contributed by atoms with Crippen molar-refractivity contribution in [3.8, 4) is 5.75 Å². The smallest absolute Gasteiger partial charge is 0.335 e. The van der Waals surface area contributed by atoms with E-state index in [1.54, 1.807) is 12.1 Å². The molecule has 2 aromatic carbocycles. The lowest BCUT2D eigenvalue weighted by Crippen LogP contribution is -2.02. The first-order valence-electron chi connectivity index (χ1n) is 5.71. The van der Waals surface area contributed by atoms with E-state index < -0.39 is 23.4 Å². The molecular weight excluding hydrogens is 268 g/mol. The molecule has 0 spiro atoms. The number of phenolic OH excluding ortho intramolecular Hbond substituents is 1. The first-order valence-corrected chi connectivity index (χ1v) is 5.71. The van der Waals surface area contributed by atoms with Crippen LogP contribution < -0.4 is 5.32 Å². The Morgan fingerprint density at radius 3 is 2.15 bits per heavy atom. The average Bonchev–Trinajstić information content (AvgIpc) is 2.42. The molecule has 0 fully saturated rings. The number of phenols is 1. The first-order chi connectivity index (χ1) is 9.47. The summed E-state index contributed by atoms with van der Waals surface area (Å²) in [4.78, 5) is 10.7. The van der Waals surface area contributed by atoms with E-state index in [4.69, 9.17) is 10.2 Å². The quantitative estimate of drug-likeness (QED) is 0.804. The van der Waals surface area contributed by atoms with Crippen LogP contribution in [0, 0.1) is 11.6 Å². The second kappa shape index (κ2) is 5.56. The summed E-state index contributed by atoms with van der Waals surface area (Å²) in [6, 6.07) is 7.99. The molecule has 20 heavy (non-hydrogen) atoms. The predicted octanol–water partition coefficient (Wildman–Crippen LogP) is 2.98. The summed E-state index contributed by atoms with van der Waals surface area (Å²) in [6.07, 6.45) is 0. The zero-order chi connectivity index (χ0) is 14.7. The molecule has 0 aliphatic heterocycles. The second-order valence-electron chi connectivity index (χ2n) is 4.14. The van der Waals surface area contributed by atoms with Crippen molar-refractivity contribution in [2.75, 3.05) is 5.32 Å². The molecule has 2 rings (SSSR count). The van der Waals surface area contributed by atoms with Crippen molar-refractivity contribution in [2.45, 2.75) is 6.54 Å². The molecule has 0 saturated heterocycles. The Bertz CT molecular complexity index is 618. The number of rotatable bonds is 4. The maximum atomic E-state index is 13.1. The van der Waals surface area contributed by atoms with Crippen molar-refractivity contribution in [1.29, 1.82) is 0 Å². The van der Waals surface area contributed by atoms with Gasteiger partial charge in [-0.15, -0.1) is 0 Å². The van der Waals surface area contributed by atoms with Gasteiger partial charge in [-0.25, -0.2) is 13.6 Å². The largest absolute Gasteiger partial charge is 0.503 e. The van der Waals surface area contributed by atoms with Gasteiger partial charge >= 0.3 is 5.97 Å². The Balaban J connectivity index is 2.07. The van der Waals surface area contributed by atoms with Gasteiger partial charge in [-0.2, -0.15) is 0 Å². The van der Waals surface area contributed by atoms with Gasteiger partial charge in [-0.1, -0.05) is 0 Å². The summed E-state index contributed by atoms with van der Waals surface area (Å²) in [7, 11) is 0. The van der Waals surface area contributed by atoms with Crippen molar-refractivity contribution in [2.24, 2.45) is 0 Å². The Kier molecular flexibility index (Phi) is 3.84. The van der Waals surface area contributed by atoms with Gasteiger partial charge in [-0.05, 0) is 42.0 Å². The van der Waals surface area contributed by atoms with Crippen LogP contribution in [0.2, 0.25) is 0 Å². The highest BCUT2D eigenvalue weighted by molar-refractivity contribution is 5.87. The highest BCUT2D eigenvalue weighted by Gasteiger charge is 2.09. The molecule has 0 aliphatic carbocycles. The van der Waals surface area contributed by atoms with Crippen molar-refractivity contribution < 1.29 is 23.8 Å².